The maximum atomic E-state index is 14.0. The molecule has 0 radical (unpaired) electrons. The van der Waals surface area contributed by atoms with Gasteiger partial charge < -0.3 is 9.80 Å². The van der Waals surface area contributed by atoms with Crippen LogP contribution in [0.25, 0.3) is 0 Å². The third-order valence-corrected chi connectivity index (χ3v) is 7.67. The molecule has 2 aliphatic heterocycles. The van der Waals surface area contributed by atoms with Crippen LogP contribution in [0.2, 0.25) is 0 Å². The number of hydrogen-bond acceptors (Lipinski definition) is 4. The Balaban J connectivity index is 1.63. The lowest BCUT2D eigenvalue weighted by atomic mass is 9.90. The Morgan fingerprint density at radius 3 is 2.26 bits per heavy atom. The van der Waals surface area contributed by atoms with Gasteiger partial charge in [-0.25, -0.2) is 17.2 Å². The van der Waals surface area contributed by atoms with E-state index in [4.69, 9.17) is 0 Å². The lowest BCUT2D eigenvalue weighted by molar-refractivity contribution is -0.145. The number of hydrogen-bond donors (Lipinski definition) is 0. The van der Waals surface area contributed by atoms with E-state index >= 15 is 0 Å². The normalized spacial score (nSPS) is 21.3. The Morgan fingerprint density at radius 2 is 1.65 bits per heavy atom. The van der Waals surface area contributed by atoms with Crippen molar-refractivity contribution in [3.05, 3.63) is 29.8 Å². The summed E-state index contributed by atoms with van der Waals surface area (Å²) in [7, 11) is -4.20. The van der Waals surface area contributed by atoms with Gasteiger partial charge in [-0.3, -0.25) is 9.59 Å². The molecule has 2 fully saturated rings. The van der Waals surface area contributed by atoms with Crippen molar-refractivity contribution in [2.24, 2.45) is 11.3 Å². The number of piperazine rings is 1. The van der Waals surface area contributed by atoms with Crippen LogP contribution in [0.5, 0.6) is 0 Å². The first-order valence-electron chi connectivity index (χ1n) is 10.4. The number of likely N-dealkylation sites (tertiary alicyclic amines) is 1. The standard InChI is InChI=1S/C21H29F2N3O4S/c1-21(2,3)20(28)25-8-4-5-15(14-25)19(27)24-9-11-26(12-10-24)31(29,30)18-13-16(22)6-7-17(18)23/h6-7,13,15H,4-5,8-12,14H2,1-3H3. The highest BCUT2D eigenvalue weighted by molar-refractivity contribution is 7.89. The molecule has 0 spiro atoms. The Bertz CT molecular complexity index is 954. The van der Waals surface area contributed by atoms with Gasteiger partial charge in [0.25, 0.3) is 0 Å². The molecule has 10 heteroatoms. The fourth-order valence-electron chi connectivity index (χ4n) is 4.06. The van der Waals surface area contributed by atoms with Gasteiger partial charge in [-0.2, -0.15) is 4.31 Å². The van der Waals surface area contributed by atoms with E-state index in [0.29, 0.717) is 25.6 Å². The molecule has 172 valence electrons. The molecule has 2 saturated heterocycles. The SMILES string of the molecule is CC(C)(C)C(=O)N1CCCC(C(=O)N2CCN(S(=O)(=O)c3cc(F)ccc3F)CC2)C1. The topological polar surface area (TPSA) is 78.0 Å². The molecule has 1 aromatic carbocycles. The van der Waals surface area contributed by atoms with Crippen molar-refractivity contribution < 1.29 is 26.8 Å². The molecule has 7 nitrogen and oxygen atoms in total. The molecule has 1 unspecified atom stereocenters. The smallest absolute Gasteiger partial charge is 0.246 e. The van der Waals surface area contributed by atoms with Crippen molar-refractivity contribution in [1.82, 2.24) is 14.1 Å². The van der Waals surface area contributed by atoms with E-state index in [1.165, 1.54) is 0 Å². The van der Waals surface area contributed by atoms with E-state index in [1.54, 1.807) is 9.80 Å². The number of nitrogens with zero attached hydrogens (tertiary/aromatic N) is 3. The highest BCUT2D eigenvalue weighted by atomic mass is 32.2. The second-order valence-electron chi connectivity index (χ2n) is 9.14. The average Bonchev–Trinajstić information content (AvgIpc) is 2.73. The number of sulfonamides is 1. The van der Waals surface area contributed by atoms with Gasteiger partial charge in [-0.1, -0.05) is 20.8 Å². The number of halogens is 2. The van der Waals surface area contributed by atoms with Crippen molar-refractivity contribution in [2.45, 2.75) is 38.5 Å². The Morgan fingerprint density at radius 1 is 1.00 bits per heavy atom. The van der Waals surface area contributed by atoms with Crippen LogP contribution in [-0.2, 0) is 19.6 Å². The Hall–Kier alpha value is -2.07. The van der Waals surface area contributed by atoms with Crippen LogP contribution in [0, 0.1) is 23.0 Å². The highest BCUT2D eigenvalue weighted by Gasteiger charge is 2.37. The van der Waals surface area contributed by atoms with Gasteiger partial charge in [-0.05, 0) is 31.0 Å². The van der Waals surface area contributed by atoms with Gasteiger partial charge >= 0.3 is 0 Å². The monoisotopic (exact) mass is 457 g/mol. The molecular weight excluding hydrogens is 428 g/mol. The third-order valence-electron chi connectivity index (χ3n) is 5.76. The number of carbonyl (C=O) groups excluding carboxylic acids is 2. The predicted octanol–water partition coefficient (Wildman–Crippen LogP) is 2.08. The van der Waals surface area contributed by atoms with E-state index in [9.17, 15) is 26.8 Å². The summed E-state index contributed by atoms with van der Waals surface area (Å²) in [6.45, 7) is 6.87. The average molecular weight is 458 g/mol. The molecular formula is C21H29F2N3O4S. The molecule has 0 saturated carbocycles. The Kier molecular flexibility index (Phi) is 6.71. The van der Waals surface area contributed by atoms with Crippen LogP contribution in [0.1, 0.15) is 33.6 Å². The molecule has 31 heavy (non-hydrogen) atoms. The zero-order valence-corrected chi connectivity index (χ0v) is 18.9. The summed E-state index contributed by atoms with van der Waals surface area (Å²) in [4.78, 5) is 28.2. The van der Waals surface area contributed by atoms with E-state index < -0.39 is 32.0 Å². The van der Waals surface area contributed by atoms with Gasteiger partial charge in [-0.15, -0.1) is 0 Å². The molecule has 2 aliphatic rings. The number of benzene rings is 1. The largest absolute Gasteiger partial charge is 0.341 e. The van der Waals surface area contributed by atoms with Crippen LogP contribution in [-0.4, -0.2) is 73.6 Å². The van der Waals surface area contributed by atoms with Gasteiger partial charge in [0.15, 0.2) is 0 Å². The van der Waals surface area contributed by atoms with Crippen molar-refractivity contribution in [3.63, 3.8) is 0 Å². The molecule has 0 bridgehead atoms. The summed E-state index contributed by atoms with van der Waals surface area (Å²) in [6.07, 6.45) is 1.42. The molecule has 1 atom stereocenters. The first-order chi connectivity index (χ1) is 14.4. The highest BCUT2D eigenvalue weighted by Crippen LogP contribution is 2.26. The Labute approximate surface area is 182 Å². The fourth-order valence-corrected chi connectivity index (χ4v) is 5.56. The third kappa shape index (κ3) is 5.06. The minimum atomic E-state index is -4.20. The summed E-state index contributed by atoms with van der Waals surface area (Å²) < 4.78 is 54.0. The van der Waals surface area contributed by atoms with Crippen LogP contribution < -0.4 is 0 Å². The lowest BCUT2D eigenvalue weighted by Gasteiger charge is -2.39. The quantitative estimate of drug-likeness (QED) is 0.696. The summed E-state index contributed by atoms with van der Waals surface area (Å²) in [5.74, 6) is -2.24. The lowest BCUT2D eigenvalue weighted by Crippen LogP contribution is -2.54. The molecule has 0 aromatic heterocycles. The maximum Gasteiger partial charge on any atom is 0.246 e. The summed E-state index contributed by atoms with van der Waals surface area (Å²) in [5, 5.41) is 0. The molecule has 2 amide bonds. The van der Waals surface area contributed by atoms with E-state index in [1.807, 2.05) is 20.8 Å². The van der Waals surface area contributed by atoms with Crippen LogP contribution in [0.15, 0.2) is 23.1 Å². The fraction of sp³-hybridized carbons (Fsp3) is 0.619. The molecule has 3 rings (SSSR count). The number of carbonyl (C=O) groups is 2. The molecule has 0 N–H and O–H groups in total. The van der Waals surface area contributed by atoms with E-state index in [-0.39, 0.29) is 43.9 Å². The van der Waals surface area contributed by atoms with Gasteiger partial charge in [0, 0.05) is 44.7 Å². The summed E-state index contributed by atoms with van der Waals surface area (Å²) >= 11 is 0. The maximum absolute atomic E-state index is 14.0. The van der Waals surface area contributed by atoms with E-state index in [0.717, 1.165) is 22.9 Å². The van der Waals surface area contributed by atoms with Crippen molar-refractivity contribution in [3.8, 4) is 0 Å². The predicted molar refractivity (Wildman–Crippen MR) is 110 cm³/mol. The molecule has 0 aliphatic carbocycles. The zero-order chi connectivity index (χ0) is 23.0. The minimum Gasteiger partial charge on any atom is -0.341 e. The van der Waals surface area contributed by atoms with Gasteiger partial charge in [0.2, 0.25) is 21.8 Å². The first kappa shape index (κ1) is 23.6. The molecule has 1 aromatic rings. The van der Waals surface area contributed by atoms with Gasteiger partial charge in [0.1, 0.15) is 16.5 Å². The first-order valence-corrected chi connectivity index (χ1v) is 11.9. The minimum absolute atomic E-state index is 0.00137. The second-order valence-corrected chi connectivity index (χ2v) is 11.1. The zero-order valence-electron chi connectivity index (χ0n) is 18.1. The number of piperidine rings is 1. The number of amides is 2. The van der Waals surface area contributed by atoms with Gasteiger partial charge in [0.05, 0.1) is 5.92 Å². The van der Waals surface area contributed by atoms with Crippen molar-refractivity contribution >= 4 is 21.8 Å². The van der Waals surface area contributed by atoms with Crippen LogP contribution in [0.3, 0.4) is 0 Å². The summed E-state index contributed by atoms with van der Waals surface area (Å²) in [6, 6.07) is 2.32. The summed E-state index contributed by atoms with van der Waals surface area (Å²) in [5.41, 5.74) is -0.517. The van der Waals surface area contributed by atoms with E-state index in [2.05, 4.69) is 0 Å². The molecule has 2 heterocycles. The van der Waals surface area contributed by atoms with Crippen LogP contribution >= 0.6 is 0 Å². The number of rotatable bonds is 3. The van der Waals surface area contributed by atoms with Crippen molar-refractivity contribution in [2.75, 3.05) is 39.3 Å². The van der Waals surface area contributed by atoms with Crippen molar-refractivity contribution in [1.29, 1.82) is 0 Å². The van der Waals surface area contributed by atoms with Crippen LogP contribution in [0.4, 0.5) is 8.78 Å². The second kappa shape index (κ2) is 8.82.